The second-order valence-electron chi connectivity index (χ2n) is 9.31. The van der Waals surface area contributed by atoms with Crippen LogP contribution >= 0.6 is 45.1 Å². The van der Waals surface area contributed by atoms with E-state index < -0.39 is 48.5 Å². The molecule has 0 spiro atoms. The summed E-state index contributed by atoms with van der Waals surface area (Å²) in [5.41, 5.74) is 12.5. The molecule has 1 fully saturated rings. The standard InChI is InChI=1S/C20H34N5O12P3S2/c1-20(2,3)42-41-12-33-14-9-16(25-10-13(7-6-8-21)17(18(22)23-4)19(25)24-5)35-15(14)11-34-39(29,30)37-40(31,32)36-38(26,27)28/h10,14-16H,5,8-9,11-12,21H2,1-4H3,(H2,22,23)(H,29,30)(H,31,32)(H2,26,27,28)/t14?,15-,16-/m1/s1. The number of aliphatic imine (C=N–C) groups is 2. The van der Waals surface area contributed by atoms with Gasteiger partial charge in [-0.2, -0.15) is 8.62 Å². The maximum absolute atomic E-state index is 12.3. The highest BCUT2D eigenvalue weighted by atomic mass is 33.1. The Morgan fingerprint density at radius 1 is 1.24 bits per heavy atom. The van der Waals surface area contributed by atoms with E-state index >= 15 is 0 Å². The summed E-state index contributed by atoms with van der Waals surface area (Å²) in [5, 5.41) is 0. The number of ether oxygens (including phenoxy) is 2. The van der Waals surface area contributed by atoms with Crippen LogP contribution in [0.15, 0.2) is 16.2 Å². The van der Waals surface area contributed by atoms with Gasteiger partial charge in [0, 0.05) is 24.4 Å². The van der Waals surface area contributed by atoms with E-state index in [0.29, 0.717) is 11.1 Å². The normalized spacial score (nSPS) is 22.7. The zero-order valence-corrected chi connectivity index (χ0v) is 27.4. The van der Waals surface area contributed by atoms with Crippen molar-refractivity contribution < 1.29 is 55.9 Å². The first-order valence-electron chi connectivity index (χ1n) is 11.8. The molecule has 238 valence electrons. The minimum atomic E-state index is -5.69. The van der Waals surface area contributed by atoms with Crippen LogP contribution in [0.1, 0.15) is 44.5 Å². The molecule has 2 rings (SSSR count). The largest absolute Gasteiger partial charge is 0.490 e. The van der Waals surface area contributed by atoms with Gasteiger partial charge in [-0.05, 0) is 6.72 Å². The lowest BCUT2D eigenvalue weighted by Gasteiger charge is -2.22. The summed E-state index contributed by atoms with van der Waals surface area (Å²) in [7, 11) is -12.2. The molecule has 8 N–H and O–H groups in total. The Labute approximate surface area is 250 Å². The van der Waals surface area contributed by atoms with E-state index in [4.69, 9.17) is 35.3 Å². The SMILES string of the molecule is C=Nc1c(/C(N)=N\C)c(C#CCN)cn1[C@H]1CC(OCSSC(C)(C)C)[C@@H](COP(=O)(O)OP(=O)(O)OP(=O)(O)O)O1. The van der Waals surface area contributed by atoms with Gasteiger partial charge in [0.05, 0.1) is 30.4 Å². The van der Waals surface area contributed by atoms with Crippen LogP contribution in [0, 0.1) is 11.8 Å². The summed E-state index contributed by atoms with van der Waals surface area (Å²) < 4.78 is 60.8. The van der Waals surface area contributed by atoms with Crippen LogP contribution < -0.4 is 11.5 Å². The van der Waals surface area contributed by atoms with Gasteiger partial charge in [0.1, 0.15) is 29.9 Å². The molecule has 1 aromatic heterocycles. The molecule has 42 heavy (non-hydrogen) atoms. The maximum Gasteiger partial charge on any atom is 0.490 e. The van der Waals surface area contributed by atoms with Crippen molar-refractivity contribution in [3.63, 3.8) is 0 Å². The fourth-order valence-electron chi connectivity index (χ4n) is 3.48. The molecule has 1 saturated heterocycles. The molecule has 2 heterocycles. The van der Waals surface area contributed by atoms with Crippen molar-refractivity contribution in [1.29, 1.82) is 0 Å². The number of hydrogen-bond acceptors (Lipinski definition) is 13. The van der Waals surface area contributed by atoms with Crippen LogP contribution in [0.5, 0.6) is 0 Å². The first-order chi connectivity index (χ1) is 19.3. The molecule has 0 amide bonds. The van der Waals surface area contributed by atoms with E-state index in [-0.39, 0.29) is 35.3 Å². The van der Waals surface area contributed by atoms with Crippen molar-refractivity contribution in [2.75, 3.05) is 26.1 Å². The molecule has 0 radical (unpaired) electrons. The minimum Gasteiger partial charge on any atom is -0.383 e. The van der Waals surface area contributed by atoms with Gasteiger partial charge >= 0.3 is 23.5 Å². The maximum atomic E-state index is 12.3. The van der Waals surface area contributed by atoms with Crippen molar-refractivity contribution in [2.45, 2.75) is 50.4 Å². The molecular weight excluding hydrogens is 659 g/mol. The average molecular weight is 694 g/mol. The smallest absolute Gasteiger partial charge is 0.383 e. The van der Waals surface area contributed by atoms with Crippen LogP contribution in [0.3, 0.4) is 0 Å². The fourth-order valence-corrected chi connectivity index (χ4v) is 8.52. The van der Waals surface area contributed by atoms with Gasteiger partial charge in [0.2, 0.25) is 0 Å². The quantitative estimate of drug-likeness (QED) is 0.0311. The topological polar surface area (TPSA) is 260 Å². The number of rotatable bonds is 14. The molecule has 0 aliphatic carbocycles. The molecule has 5 atom stereocenters. The summed E-state index contributed by atoms with van der Waals surface area (Å²) in [6.45, 7) is 9.05. The van der Waals surface area contributed by atoms with Crippen LogP contribution in [0.2, 0.25) is 0 Å². The summed E-state index contributed by atoms with van der Waals surface area (Å²) in [6.07, 6.45) is -0.804. The van der Waals surface area contributed by atoms with Gasteiger partial charge in [-0.25, -0.2) is 18.7 Å². The van der Waals surface area contributed by atoms with Crippen LogP contribution in [-0.2, 0) is 36.3 Å². The highest BCUT2D eigenvalue weighted by molar-refractivity contribution is 8.77. The first kappa shape index (κ1) is 37.2. The highest BCUT2D eigenvalue weighted by Gasteiger charge is 2.44. The Morgan fingerprint density at radius 3 is 2.45 bits per heavy atom. The molecule has 0 bridgehead atoms. The monoisotopic (exact) mass is 693 g/mol. The Hall–Kier alpha value is -1.03. The second-order valence-corrected chi connectivity index (χ2v) is 16.8. The third-order valence-corrected chi connectivity index (χ3v) is 11.7. The number of nitrogens with zero attached hydrogens (tertiary/aromatic N) is 3. The minimum absolute atomic E-state index is 0.0622. The van der Waals surface area contributed by atoms with E-state index in [1.807, 2.05) is 20.8 Å². The Morgan fingerprint density at radius 2 is 1.90 bits per heavy atom. The number of hydrogen-bond donors (Lipinski definition) is 6. The average Bonchev–Trinajstić information content (AvgIpc) is 3.41. The van der Waals surface area contributed by atoms with Gasteiger partial charge in [0.25, 0.3) is 0 Å². The number of phosphoric ester groups is 1. The summed E-state index contributed by atoms with van der Waals surface area (Å²) in [4.78, 5) is 44.9. The Kier molecular flexibility index (Phi) is 13.5. The number of nitrogens with two attached hydrogens (primary N) is 2. The lowest BCUT2D eigenvalue weighted by Crippen LogP contribution is -2.29. The molecule has 17 nitrogen and oxygen atoms in total. The molecule has 1 aliphatic heterocycles. The molecule has 0 aromatic carbocycles. The number of aromatic nitrogens is 1. The van der Waals surface area contributed by atoms with E-state index in [0.717, 1.165) is 0 Å². The van der Waals surface area contributed by atoms with Gasteiger partial charge in [-0.3, -0.25) is 9.52 Å². The van der Waals surface area contributed by atoms with Gasteiger partial charge < -0.3 is 45.1 Å². The molecule has 1 aromatic rings. The van der Waals surface area contributed by atoms with Crippen molar-refractivity contribution in [3.05, 3.63) is 17.3 Å². The van der Waals surface area contributed by atoms with E-state index in [9.17, 15) is 23.5 Å². The van der Waals surface area contributed by atoms with Gasteiger partial charge in [0.15, 0.2) is 0 Å². The number of amidine groups is 1. The van der Waals surface area contributed by atoms with Gasteiger partial charge in [-0.1, -0.05) is 54.2 Å². The number of phosphoric acid groups is 3. The highest BCUT2D eigenvalue weighted by Crippen LogP contribution is 2.66. The van der Waals surface area contributed by atoms with E-state index in [1.54, 1.807) is 21.6 Å². The van der Waals surface area contributed by atoms with Crippen molar-refractivity contribution >= 4 is 63.4 Å². The molecule has 22 heteroatoms. The zero-order valence-electron chi connectivity index (χ0n) is 23.1. The third-order valence-electron chi connectivity index (χ3n) is 4.93. The van der Waals surface area contributed by atoms with Crippen LogP contribution in [0.4, 0.5) is 5.82 Å². The molecule has 3 unspecified atom stereocenters. The van der Waals surface area contributed by atoms with Crippen molar-refractivity contribution in [2.24, 2.45) is 21.5 Å². The van der Waals surface area contributed by atoms with E-state index in [2.05, 4.69) is 37.2 Å². The summed E-state index contributed by atoms with van der Waals surface area (Å²) >= 11 is 0. The molecular formula is C20H34N5O12P3S2. The van der Waals surface area contributed by atoms with Crippen molar-refractivity contribution in [3.8, 4) is 11.8 Å². The second kappa shape index (κ2) is 15.3. The Bertz CT molecular complexity index is 1350. The van der Waals surface area contributed by atoms with Crippen LogP contribution in [-0.4, -0.2) is 79.8 Å². The predicted octanol–water partition coefficient (Wildman–Crippen LogP) is 2.62. The lowest BCUT2D eigenvalue weighted by molar-refractivity contribution is -0.0525. The summed E-state index contributed by atoms with van der Waals surface area (Å²) in [5.74, 6) is 6.24. The Balaban J connectivity index is 2.33. The molecule has 0 saturated carbocycles. The predicted molar refractivity (Wildman–Crippen MR) is 159 cm³/mol. The van der Waals surface area contributed by atoms with E-state index in [1.165, 1.54) is 17.8 Å². The fraction of sp³-hybridized carbons (Fsp3) is 0.600. The lowest BCUT2D eigenvalue weighted by atomic mass is 10.1. The summed E-state index contributed by atoms with van der Waals surface area (Å²) in [6, 6.07) is 0. The van der Waals surface area contributed by atoms with Gasteiger partial charge in [-0.15, -0.1) is 0 Å². The van der Waals surface area contributed by atoms with Crippen molar-refractivity contribution in [1.82, 2.24) is 4.57 Å². The molecule has 1 aliphatic rings. The van der Waals surface area contributed by atoms with Crippen LogP contribution in [0.25, 0.3) is 0 Å². The third kappa shape index (κ3) is 11.8. The first-order valence-corrected chi connectivity index (χ1v) is 18.6. The zero-order chi connectivity index (χ0) is 31.9.